The molecular weight excluding hydrogens is 312 g/mol. The van der Waals surface area contributed by atoms with E-state index in [4.69, 9.17) is 0 Å². The lowest BCUT2D eigenvalue weighted by Crippen LogP contribution is -2.48. The molecule has 0 spiro atoms. The largest absolute Gasteiger partial charge is 0.342 e. The first-order valence-electron chi connectivity index (χ1n) is 8.11. The summed E-state index contributed by atoms with van der Waals surface area (Å²) in [6, 6.07) is 8.00. The summed E-state index contributed by atoms with van der Waals surface area (Å²) in [5.41, 5.74) is 2.18. The number of carbonyl (C=O) groups is 1. The van der Waals surface area contributed by atoms with Crippen molar-refractivity contribution in [1.82, 2.24) is 9.21 Å². The van der Waals surface area contributed by atoms with Gasteiger partial charge in [0.15, 0.2) is 0 Å². The maximum atomic E-state index is 12.4. The quantitative estimate of drug-likeness (QED) is 0.823. The van der Waals surface area contributed by atoms with Crippen LogP contribution in [-0.2, 0) is 21.2 Å². The molecule has 1 aliphatic rings. The van der Waals surface area contributed by atoms with E-state index in [0.717, 1.165) is 11.1 Å². The normalized spacial score (nSPS) is 16.8. The van der Waals surface area contributed by atoms with E-state index < -0.39 is 10.0 Å². The Hall–Kier alpha value is -1.40. The molecular formula is C17H26N2O3S. The molecule has 1 heterocycles. The van der Waals surface area contributed by atoms with E-state index in [1.54, 1.807) is 4.31 Å². The first-order valence-corrected chi connectivity index (χ1v) is 9.96. The van der Waals surface area contributed by atoms with Gasteiger partial charge in [-0.15, -0.1) is 0 Å². The van der Waals surface area contributed by atoms with E-state index in [0.29, 0.717) is 38.9 Å². The van der Waals surface area contributed by atoms with Gasteiger partial charge in [0.25, 0.3) is 0 Å². The van der Waals surface area contributed by atoms with Gasteiger partial charge in [-0.05, 0) is 25.3 Å². The van der Waals surface area contributed by atoms with Gasteiger partial charge in [0.05, 0.1) is 12.7 Å². The van der Waals surface area contributed by atoms with Gasteiger partial charge in [-0.25, -0.2) is 8.42 Å². The molecule has 0 atom stereocenters. The summed E-state index contributed by atoms with van der Waals surface area (Å²) in [6.07, 6.45) is 3.09. The fourth-order valence-electron chi connectivity index (χ4n) is 3.28. The number of hydrogen-bond donors (Lipinski definition) is 0. The summed E-state index contributed by atoms with van der Waals surface area (Å²) >= 11 is 0. The van der Waals surface area contributed by atoms with Gasteiger partial charge in [0, 0.05) is 25.7 Å². The van der Waals surface area contributed by atoms with Gasteiger partial charge >= 0.3 is 0 Å². The molecule has 1 saturated heterocycles. The Morgan fingerprint density at radius 1 is 1.30 bits per heavy atom. The molecule has 1 aliphatic heterocycles. The fraction of sp³-hybridized carbons (Fsp3) is 0.588. The van der Waals surface area contributed by atoms with Gasteiger partial charge in [0.1, 0.15) is 0 Å². The van der Waals surface area contributed by atoms with E-state index in [1.165, 1.54) is 6.26 Å². The third-order valence-electron chi connectivity index (χ3n) is 4.40. The molecule has 2 rings (SSSR count). The number of rotatable bonds is 5. The summed E-state index contributed by atoms with van der Waals surface area (Å²) < 4.78 is 25.1. The number of piperidine rings is 1. The summed E-state index contributed by atoms with van der Waals surface area (Å²) in [5.74, 6) is 0.122. The maximum Gasteiger partial charge on any atom is 0.226 e. The minimum absolute atomic E-state index is 0.0121. The van der Waals surface area contributed by atoms with Crippen molar-refractivity contribution in [2.75, 3.05) is 25.9 Å². The van der Waals surface area contributed by atoms with E-state index >= 15 is 0 Å². The second-order valence-electron chi connectivity index (χ2n) is 6.24. The first-order chi connectivity index (χ1) is 10.8. The highest BCUT2D eigenvalue weighted by atomic mass is 32.2. The molecule has 1 aromatic carbocycles. The minimum atomic E-state index is -3.18. The second-order valence-corrected chi connectivity index (χ2v) is 8.18. The zero-order valence-electron chi connectivity index (χ0n) is 14.2. The van der Waals surface area contributed by atoms with Crippen molar-refractivity contribution in [2.24, 2.45) is 0 Å². The predicted molar refractivity (Wildman–Crippen MR) is 91.7 cm³/mol. The number of sulfonamides is 1. The molecule has 1 amide bonds. The van der Waals surface area contributed by atoms with Gasteiger partial charge in [-0.1, -0.05) is 36.8 Å². The van der Waals surface area contributed by atoms with Crippen LogP contribution in [0.25, 0.3) is 0 Å². The van der Waals surface area contributed by atoms with Crippen molar-refractivity contribution in [3.8, 4) is 0 Å². The Morgan fingerprint density at radius 3 is 2.48 bits per heavy atom. The summed E-state index contributed by atoms with van der Waals surface area (Å²) in [4.78, 5) is 14.3. The van der Waals surface area contributed by atoms with Crippen LogP contribution in [0.2, 0.25) is 0 Å². The van der Waals surface area contributed by atoms with Gasteiger partial charge in [-0.2, -0.15) is 4.31 Å². The average molecular weight is 338 g/mol. The molecule has 1 fully saturated rings. The van der Waals surface area contributed by atoms with Crippen LogP contribution in [0.4, 0.5) is 0 Å². The van der Waals surface area contributed by atoms with Crippen molar-refractivity contribution in [3.05, 3.63) is 35.4 Å². The van der Waals surface area contributed by atoms with E-state index in [-0.39, 0.29) is 11.9 Å². The monoisotopic (exact) mass is 338 g/mol. The van der Waals surface area contributed by atoms with Crippen molar-refractivity contribution >= 4 is 15.9 Å². The van der Waals surface area contributed by atoms with Gasteiger partial charge < -0.3 is 4.90 Å². The standard InChI is InChI=1S/C17H26N2O3S/c1-4-19(23(3,21)22)16-8-10-18(11-9-16)17(20)13-15-7-5-6-14(2)12-15/h5-7,12,16H,4,8-11,13H2,1-3H3. The summed E-state index contributed by atoms with van der Waals surface area (Å²) in [7, 11) is -3.18. The van der Waals surface area contributed by atoms with E-state index in [2.05, 4.69) is 0 Å². The van der Waals surface area contributed by atoms with Crippen molar-refractivity contribution in [2.45, 2.75) is 39.2 Å². The average Bonchev–Trinajstić information content (AvgIpc) is 2.47. The zero-order valence-corrected chi connectivity index (χ0v) is 15.0. The Labute approximate surface area is 139 Å². The molecule has 0 bridgehead atoms. The smallest absolute Gasteiger partial charge is 0.226 e. The first kappa shape index (κ1) is 17.9. The molecule has 1 aromatic rings. The van der Waals surface area contributed by atoms with Crippen LogP contribution >= 0.6 is 0 Å². The maximum absolute atomic E-state index is 12.4. The lowest BCUT2D eigenvalue weighted by atomic mass is 10.0. The van der Waals surface area contributed by atoms with Crippen LogP contribution in [-0.4, -0.2) is 55.5 Å². The number of likely N-dealkylation sites (tertiary alicyclic amines) is 1. The van der Waals surface area contributed by atoms with E-state index in [1.807, 2.05) is 43.0 Å². The zero-order chi connectivity index (χ0) is 17.0. The van der Waals surface area contributed by atoms with Crippen LogP contribution in [0.1, 0.15) is 30.9 Å². The number of benzene rings is 1. The van der Waals surface area contributed by atoms with Gasteiger partial charge in [-0.3, -0.25) is 4.79 Å². The third kappa shape index (κ3) is 4.78. The Kier molecular flexibility index (Phi) is 5.81. The van der Waals surface area contributed by atoms with E-state index in [9.17, 15) is 13.2 Å². The number of carbonyl (C=O) groups excluding carboxylic acids is 1. The number of nitrogens with zero attached hydrogens (tertiary/aromatic N) is 2. The van der Waals surface area contributed by atoms with Crippen LogP contribution in [0.3, 0.4) is 0 Å². The van der Waals surface area contributed by atoms with Crippen molar-refractivity contribution in [3.63, 3.8) is 0 Å². The van der Waals surface area contributed by atoms with Crippen LogP contribution in [0.5, 0.6) is 0 Å². The highest BCUT2D eigenvalue weighted by Crippen LogP contribution is 2.19. The molecule has 0 radical (unpaired) electrons. The molecule has 0 aromatic heterocycles. The predicted octanol–water partition coefficient (Wildman–Crippen LogP) is 1.81. The highest BCUT2D eigenvalue weighted by molar-refractivity contribution is 7.88. The number of aryl methyl sites for hydroxylation is 1. The molecule has 23 heavy (non-hydrogen) atoms. The molecule has 5 nitrogen and oxygen atoms in total. The lowest BCUT2D eigenvalue weighted by Gasteiger charge is -2.37. The molecule has 128 valence electrons. The molecule has 6 heteroatoms. The molecule has 0 N–H and O–H groups in total. The van der Waals surface area contributed by atoms with Gasteiger partial charge in [0.2, 0.25) is 15.9 Å². The minimum Gasteiger partial charge on any atom is -0.342 e. The van der Waals surface area contributed by atoms with Crippen LogP contribution in [0.15, 0.2) is 24.3 Å². The number of amides is 1. The molecule has 0 saturated carbocycles. The van der Waals surface area contributed by atoms with Crippen molar-refractivity contribution < 1.29 is 13.2 Å². The Balaban J connectivity index is 1.92. The van der Waals surface area contributed by atoms with Crippen molar-refractivity contribution in [1.29, 1.82) is 0 Å². The summed E-state index contributed by atoms with van der Waals surface area (Å²) in [6.45, 7) is 5.61. The van der Waals surface area contributed by atoms with Crippen LogP contribution in [0, 0.1) is 6.92 Å². The van der Waals surface area contributed by atoms with Crippen LogP contribution < -0.4 is 0 Å². The molecule has 0 aliphatic carbocycles. The summed E-state index contributed by atoms with van der Waals surface area (Å²) in [5, 5.41) is 0. The fourth-order valence-corrected chi connectivity index (χ4v) is 4.50. The number of hydrogen-bond acceptors (Lipinski definition) is 3. The second kappa shape index (κ2) is 7.45. The SMILES string of the molecule is CCN(C1CCN(C(=O)Cc2cccc(C)c2)CC1)S(C)(=O)=O. The highest BCUT2D eigenvalue weighted by Gasteiger charge is 2.30. The third-order valence-corrected chi connectivity index (χ3v) is 5.81. The molecule has 0 unspecified atom stereocenters. The lowest BCUT2D eigenvalue weighted by molar-refractivity contribution is -0.131. The Morgan fingerprint density at radius 2 is 1.96 bits per heavy atom. The topological polar surface area (TPSA) is 57.7 Å². The Bertz CT molecular complexity index is 650.